The summed E-state index contributed by atoms with van der Waals surface area (Å²) < 4.78 is 15.6. The lowest BCUT2D eigenvalue weighted by Gasteiger charge is -2.12. The molecule has 0 aliphatic rings. The minimum Gasteiger partial charge on any atom is -0.508 e. The number of phenols is 1. The van der Waals surface area contributed by atoms with E-state index in [9.17, 15) is 14.7 Å². The highest BCUT2D eigenvalue weighted by atomic mass is 16.5. The van der Waals surface area contributed by atoms with Gasteiger partial charge in [-0.2, -0.15) is 0 Å². The Morgan fingerprint density at radius 3 is 2.58 bits per heavy atom. The maximum absolute atomic E-state index is 12.4. The van der Waals surface area contributed by atoms with Gasteiger partial charge >= 0.3 is 5.97 Å². The molecule has 0 amide bonds. The number of fused-ring (bicyclic) bond motifs is 1. The number of benzene rings is 2. The molecule has 26 heavy (non-hydrogen) atoms. The van der Waals surface area contributed by atoms with Crippen LogP contribution in [0.5, 0.6) is 11.5 Å². The maximum Gasteiger partial charge on any atom is 0.311 e. The molecule has 0 aliphatic heterocycles. The van der Waals surface area contributed by atoms with Crippen LogP contribution in [0.4, 0.5) is 0 Å². The minimum absolute atomic E-state index is 0.0298. The zero-order chi connectivity index (χ0) is 18.7. The van der Waals surface area contributed by atoms with Crippen LogP contribution in [0.2, 0.25) is 0 Å². The summed E-state index contributed by atoms with van der Waals surface area (Å²) in [6.45, 7) is 1.54. The van der Waals surface area contributed by atoms with Crippen LogP contribution in [0.3, 0.4) is 0 Å². The van der Waals surface area contributed by atoms with Gasteiger partial charge in [0.25, 0.3) is 0 Å². The highest BCUT2D eigenvalue weighted by Gasteiger charge is 2.21. The van der Waals surface area contributed by atoms with Crippen LogP contribution in [-0.2, 0) is 16.0 Å². The van der Waals surface area contributed by atoms with Crippen molar-refractivity contribution in [1.29, 1.82) is 0 Å². The van der Waals surface area contributed by atoms with Crippen LogP contribution in [0.15, 0.2) is 53.1 Å². The number of carbonyl (C=O) groups is 2. The van der Waals surface area contributed by atoms with E-state index in [1.807, 2.05) is 0 Å². The molecule has 0 fully saturated rings. The van der Waals surface area contributed by atoms with Crippen molar-refractivity contribution in [2.75, 3.05) is 7.11 Å². The number of rotatable bonds is 6. The molecule has 0 radical (unpaired) electrons. The highest BCUT2D eigenvalue weighted by Crippen LogP contribution is 2.25. The summed E-state index contributed by atoms with van der Waals surface area (Å²) in [6, 6.07) is 11.3. The number of carbonyl (C=O) groups excluding carboxylic acids is 2. The molecule has 3 aromatic rings. The normalized spacial score (nSPS) is 11.9. The van der Waals surface area contributed by atoms with Gasteiger partial charge in [0, 0.05) is 22.6 Å². The van der Waals surface area contributed by atoms with Gasteiger partial charge in [0.05, 0.1) is 19.8 Å². The molecule has 1 N–H and O–H groups in total. The van der Waals surface area contributed by atoms with Crippen LogP contribution in [0.25, 0.3) is 11.0 Å². The fraction of sp³-hybridized carbons (Fsp3) is 0.200. The monoisotopic (exact) mass is 354 g/mol. The van der Waals surface area contributed by atoms with E-state index in [1.54, 1.807) is 37.4 Å². The van der Waals surface area contributed by atoms with E-state index >= 15 is 0 Å². The molecule has 6 heteroatoms. The molecule has 0 spiro atoms. The lowest BCUT2D eigenvalue weighted by molar-refractivity contribution is -0.145. The first kappa shape index (κ1) is 17.5. The molecule has 134 valence electrons. The first-order chi connectivity index (χ1) is 12.5. The maximum atomic E-state index is 12.4. The van der Waals surface area contributed by atoms with E-state index in [1.165, 1.54) is 25.3 Å². The summed E-state index contributed by atoms with van der Waals surface area (Å²) >= 11 is 0. The Labute approximate surface area is 149 Å². The standard InChI is InChI=1S/C20H18O6/c1-12(20(23)13-3-6-16(24-2)7-4-13)26-19(22)9-14-11-25-18-10-15(21)5-8-17(14)18/h3-8,10-12,21H,9H2,1-2H3/t12-/m0/s1. The second-order valence-corrected chi connectivity index (χ2v) is 5.84. The van der Waals surface area contributed by atoms with Crippen molar-refractivity contribution in [3.63, 3.8) is 0 Å². The Morgan fingerprint density at radius 1 is 1.15 bits per heavy atom. The van der Waals surface area contributed by atoms with Crippen molar-refractivity contribution in [3.8, 4) is 11.5 Å². The molecule has 0 bridgehead atoms. The first-order valence-corrected chi connectivity index (χ1v) is 8.05. The van der Waals surface area contributed by atoms with E-state index in [0.29, 0.717) is 27.8 Å². The Kier molecular flexibility index (Phi) is 4.93. The van der Waals surface area contributed by atoms with Gasteiger partial charge in [-0.05, 0) is 43.3 Å². The lowest BCUT2D eigenvalue weighted by atomic mass is 10.1. The minimum atomic E-state index is -0.905. The zero-order valence-electron chi connectivity index (χ0n) is 14.4. The highest BCUT2D eigenvalue weighted by molar-refractivity contribution is 6.00. The van der Waals surface area contributed by atoms with Gasteiger partial charge in [-0.3, -0.25) is 9.59 Å². The Balaban J connectivity index is 1.65. The molecule has 3 rings (SSSR count). The van der Waals surface area contributed by atoms with E-state index in [2.05, 4.69) is 0 Å². The molecule has 0 unspecified atom stereocenters. The van der Waals surface area contributed by atoms with E-state index in [-0.39, 0.29) is 18.0 Å². The number of hydrogen-bond donors (Lipinski definition) is 1. The second kappa shape index (κ2) is 7.31. The Hall–Kier alpha value is -3.28. The second-order valence-electron chi connectivity index (χ2n) is 5.84. The molecule has 1 aromatic heterocycles. The van der Waals surface area contributed by atoms with Crippen LogP contribution in [-0.4, -0.2) is 30.1 Å². The average molecular weight is 354 g/mol. The fourth-order valence-corrected chi connectivity index (χ4v) is 2.65. The van der Waals surface area contributed by atoms with Gasteiger partial charge in [-0.1, -0.05) is 0 Å². The average Bonchev–Trinajstić information content (AvgIpc) is 3.02. The number of hydrogen-bond acceptors (Lipinski definition) is 6. The van der Waals surface area contributed by atoms with Crippen LogP contribution in [0.1, 0.15) is 22.8 Å². The van der Waals surface area contributed by atoms with Crippen LogP contribution in [0, 0.1) is 0 Å². The number of furan rings is 1. The predicted octanol–water partition coefficient (Wildman–Crippen LogP) is 3.50. The summed E-state index contributed by atoms with van der Waals surface area (Å²) in [6.07, 6.45) is 0.511. The van der Waals surface area contributed by atoms with Crippen molar-refractivity contribution in [3.05, 3.63) is 59.9 Å². The summed E-state index contributed by atoms with van der Waals surface area (Å²) in [7, 11) is 1.54. The van der Waals surface area contributed by atoms with Gasteiger partial charge in [0.2, 0.25) is 5.78 Å². The SMILES string of the molecule is COc1ccc(C(=O)[C@H](C)OC(=O)Cc2coc3cc(O)ccc23)cc1. The number of aromatic hydroxyl groups is 1. The first-order valence-electron chi connectivity index (χ1n) is 8.05. The number of ether oxygens (including phenoxy) is 2. The fourth-order valence-electron chi connectivity index (χ4n) is 2.65. The number of ketones is 1. The molecule has 1 atom stereocenters. The summed E-state index contributed by atoms with van der Waals surface area (Å²) in [5.41, 5.74) is 1.56. The largest absolute Gasteiger partial charge is 0.508 e. The summed E-state index contributed by atoms with van der Waals surface area (Å²) in [5.74, 6) is -0.0955. The van der Waals surface area contributed by atoms with Gasteiger partial charge in [0.15, 0.2) is 6.10 Å². The van der Waals surface area contributed by atoms with E-state index in [4.69, 9.17) is 13.9 Å². The van der Waals surface area contributed by atoms with Crippen molar-refractivity contribution < 1.29 is 28.6 Å². The van der Waals surface area contributed by atoms with Crippen molar-refractivity contribution >= 4 is 22.7 Å². The quantitative estimate of drug-likeness (QED) is 0.538. The van der Waals surface area contributed by atoms with Gasteiger partial charge < -0.3 is 19.0 Å². The molecule has 2 aromatic carbocycles. The smallest absolute Gasteiger partial charge is 0.311 e. The third-order valence-electron chi connectivity index (χ3n) is 4.03. The molecule has 6 nitrogen and oxygen atoms in total. The third kappa shape index (κ3) is 3.69. The van der Waals surface area contributed by atoms with Gasteiger partial charge in [0.1, 0.15) is 17.1 Å². The van der Waals surface area contributed by atoms with Gasteiger partial charge in [-0.25, -0.2) is 0 Å². The third-order valence-corrected chi connectivity index (χ3v) is 4.03. The number of esters is 1. The van der Waals surface area contributed by atoms with Crippen molar-refractivity contribution in [2.24, 2.45) is 0 Å². The molecule has 1 heterocycles. The van der Waals surface area contributed by atoms with Crippen LogP contribution >= 0.6 is 0 Å². The van der Waals surface area contributed by atoms with Gasteiger partial charge in [-0.15, -0.1) is 0 Å². The summed E-state index contributed by atoms with van der Waals surface area (Å²) in [5, 5.41) is 10.2. The Morgan fingerprint density at radius 2 is 1.88 bits per heavy atom. The summed E-state index contributed by atoms with van der Waals surface area (Å²) in [4.78, 5) is 24.5. The number of methoxy groups -OCH3 is 1. The van der Waals surface area contributed by atoms with Crippen molar-refractivity contribution in [2.45, 2.75) is 19.4 Å². The zero-order valence-corrected chi connectivity index (χ0v) is 14.4. The number of phenolic OH excluding ortho intramolecular Hbond substituents is 1. The molecule has 0 saturated carbocycles. The molecule has 0 aliphatic carbocycles. The molecule has 0 saturated heterocycles. The van der Waals surface area contributed by atoms with Crippen molar-refractivity contribution in [1.82, 2.24) is 0 Å². The Bertz CT molecular complexity index is 939. The topological polar surface area (TPSA) is 86.0 Å². The molecular weight excluding hydrogens is 336 g/mol. The molecular formula is C20H18O6. The van der Waals surface area contributed by atoms with E-state index in [0.717, 1.165) is 0 Å². The number of Topliss-reactive ketones (excluding diaryl/α,β-unsaturated/α-hetero) is 1. The van der Waals surface area contributed by atoms with E-state index < -0.39 is 12.1 Å². The van der Waals surface area contributed by atoms with Crippen LogP contribution < -0.4 is 4.74 Å². The predicted molar refractivity (Wildman–Crippen MR) is 94.5 cm³/mol. The lowest BCUT2D eigenvalue weighted by Crippen LogP contribution is -2.25.